The molecule has 0 spiro atoms. The highest BCUT2D eigenvalue weighted by Gasteiger charge is 2.41. The summed E-state index contributed by atoms with van der Waals surface area (Å²) in [6.07, 6.45) is 6.84. The van der Waals surface area contributed by atoms with Gasteiger partial charge >= 0.3 is 0 Å². The molecule has 1 N–H and O–H groups in total. The molecular weight excluding hydrogens is 289 g/mol. The lowest BCUT2D eigenvalue weighted by Crippen LogP contribution is -2.29. The molecule has 2 saturated carbocycles. The van der Waals surface area contributed by atoms with Gasteiger partial charge in [-0.25, -0.2) is 0 Å². The van der Waals surface area contributed by atoms with Crippen LogP contribution in [0.3, 0.4) is 0 Å². The van der Waals surface area contributed by atoms with E-state index in [1.54, 1.807) is 0 Å². The molecule has 0 bridgehead atoms. The Labute approximate surface area is 132 Å². The molecule has 0 amide bonds. The van der Waals surface area contributed by atoms with Gasteiger partial charge in [-0.3, -0.25) is 0 Å². The van der Waals surface area contributed by atoms with E-state index in [1.165, 1.54) is 31.2 Å². The summed E-state index contributed by atoms with van der Waals surface area (Å²) in [7, 11) is 0. The Morgan fingerprint density at radius 3 is 2.30 bits per heavy atom. The first kappa shape index (κ1) is 14.7. The highest BCUT2D eigenvalue weighted by atomic mass is 35.5. The van der Waals surface area contributed by atoms with Crippen LogP contribution in [-0.2, 0) is 0 Å². The van der Waals surface area contributed by atoms with Crippen molar-refractivity contribution in [3.05, 3.63) is 33.8 Å². The normalized spacial score (nSPS) is 20.4. The molecule has 20 heavy (non-hydrogen) atoms. The molecule has 0 aliphatic heterocycles. The number of hydrogen-bond donors (Lipinski definition) is 1. The molecule has 1 aromatic rings. The van der Waals surface area contributed by atoms with Crippen LogP contribution < -0.4 is 5.32 Å². The van der Waals surface area contributed by atoms with E-state index in [1.807, 2.05) is 12.1 Å². The summed E-state index contributed by atoms with van der Waals surface area (Å²) in [6, 6.07) is 6.20. The molecule has 2 aliphatic carbocycles. The predicted molar refractivity (Wildman–Crippen MR) is 86.4 cm³/mol. The molecule has 0 heterocycles. The van der Waals surface area contributed by atoms with Crippen LogP contribution in [0, 0.1) is 17.8 Å². The van der Waals surface area contributed by atoms with Crippen LogP contribution in [0.4, 0.5) is 0 Å². The molecule has 110 valence electrons. The minimum atomic E-state index is 0.347. The number of halogens is 2. The number of benzene rings is 1. The van der Waals surface area contributed by atoms with Crippen LogP contribution in [0.25, 0.3) is 0 Å². The van der Waals surface area contributed by atoms with Crippen LogP contribution in [0.2, 0.25) is 10.0 Å². The average molecular weight is 312 g/mol. The second-order valence-corrected chi connectivity index (χ2v) is 7.22. The Hall–Kier alpha value is -0.240. The van der Waals surface area contributed by atoms with Gasteiger partial charge in [-0.05, 0) is 74.1 Å². The molecule has 3 heteroatoms. The van der Waals surface area contributed by atoms with Crippen molar-refractivity contribution in [3.63, 3.8) is 0 Å². The summed E-state index contributed by atoms with van der Waals surface area (Å²) >= 11 is 12.3. The van der Waals surface area contributed by atoms with Gasteiger partial charge in [0.2, 0.25) is 0 Å². The fraction of sp³-hybridized carbons (Fsp3) is 0.647. The Balaban J connectivity index is 1.63. The van der Waals surface area contributed by atoms with Gasteiger partial charge < -0.3 is 5.32 Å². The van der Waals surface area contributed by atoms with Crippen molar-refractivity contribution < 1.29 is 0 Å². The molecule has 3 rings (SSSR count). The van der Waals surface area contributed by atoms with Crippen molar-refractivity contribution in [1.82, 2.24) is 5.32 Å². The number of rotatable bonds is 7. The van der Waals surface area contributed by atoms with Crippen molar-refractivity contribution in [2.75, 3.05) is 6.54 Å². The third-order valence-electron chi connectivity index (χ3n) is 4.80. The maximum atomic E-state index is 6.34. The fourth-order valence-corrected chi connectivity index (χ4v) is 3.84. The quantitative estimate of drug-likeness (QED) is 0.704. The van der Waals surface area contributed by atoms with Crippen LogP contribution in [0.5, 0.6) is 0 Å². The monoisotopic (exact) mass is 311 g/mol. The smallest absolute Gasteiger partial charge is 0.0468 e. The second-order valence-electron chi connectivity index (χ2n) is 6.37. The lowest BCUT2D eigenvalue weighted by atomic mass is 9.96. The zero-order valence-electron chi connectivity index (χ0n) is 12.0. The molecule has 1 unspecified atom stereocenters. The van der Waals surface area contributed by atoms with Gasteiger partial charge in [0.1, 0.15) is 0 Å². The van der Waals surface area contributed by atoms with Crippen molar-refractivity contribution in [3.8, 4) is 0 Å². The third-order valence-corrected chi connectivity index (χ3v) is 5.36. The standard InChI is InChI=1S/C17H23Cl2N/c1-2-17(14-8-7-13(18)9-16(14)19)20-10-15(11-3-4-11)12-5-6-12/h7-9,11-12,15,17,20H,2-6,10H2,1H3. The summed E-state index contributed by atoms with van der Waals surface area (Å²) < 4.78 is 0. The zero-order chi connectivity index (χ0) is 14.1. The summed E-state index contributed by atoms with van der Waals surface area (Å²) in [5.41, 5.74) is 1.18. The fourth-order valence-electron chi connectivity index (χ4n) is 3.30. The first-order valence-corrected chi connectivity index (χ1v) is 8.63. The Morgan fingerprint density at radius 1 is 1.15 bits per heavy atom. The Kier molecular flexibility index (Phi) is 4.59. The van der Waals surface area contributed by atoms with Crippen LogP contribution >= 0.6 is 23.2 Å². The SMILES string of the molecule is CCC(NCC(C1CC1)C1CC1)c1ccc(Cl)cc1Cl. The molecule has 0 aromatic heterocycles. The van der Waals surface area contributed by atoms with Crippen molar-refractivity contribution in [1.29, 1.82) is 0 Å². The van der Waals surface area contributed by atoms with E-state index in [2.05, 4.69) is 18.3 Å². The largest absolute Gasteiger partial charge is 0.310 e. The van der Waals surface area contributed by atoms with Crippen molar-refractivity contribution in [2.45, 2.75) is 45.1 Å². The van der Waals surface area contributed by atoms with Gasteiger partial charge in [0.25, 0.3) is 0 Å². The minimum absolute atomic E-state index is 0.347. The van der Waals surface area contributed by atoms with Gasteiger partial charge in [0.15, 0.2) is 0 Å². The molecule has 1 aromatic carbocycles. The van der Waals surface area contributed by atoms with E-state index in [0.717, 1.165) is 35.7 Å². The Bertz CT molecular complexity index is 454. The second kappa shape index (κ2) is 6.25. The first-order chi connectivity index (χ1) is 9.69. The summed E-state index contributed by atoms with van der Waals surface area (Å²) in [5.74, 6) is 2.89. The summed E-state index contributed by atoms with van der Waals surface area (Å²) in [4.78, 5) is 0. The van der Waals surface area contributed by atoms with E-state index in [9.17, 15) is 0 Å². The van der Waals surface area contributed by atoms with Crippen LogP contribution in [0.15, 0.2) is 18.2 Å². The highest BCUT2D eigenvalue weighted by Crippen LogP contribution is 2.49. The maximum Gasteiger partial charge on any atom is 0.0468 e. The van der Waals surface area contributed by atoms with Gasteiger partial charge in [-0.2, -0.15) is 0 Å². The van der Waals surface area contributed by atoms with Gasteiger partial charge in [-0.1, -0.05) is 36.2 Å². The van der Waals surface area contributed by atoms with Crippen LogP contribution in [-0.4, -0.2) is 6.54 Å². The van der Waals surface area contributed by atoms with Crippen molar-refractivity contribution in [2.24, 2.45) is 17.8 Å². The van der Waals surface area contributed by atoms with Gasteiger partial charge in [-0.15, -0.1) is 0 Å². The van der Waals surface area contributed by atoms with Crippen LogP contribution in [0.1, 0.15) is 50.6 Å². The molecule has 0 saturated heterocycles. The summed E-state index contributed by atoms with van der Waals surface area (Å²) in [6.45, 7) is 3.36. The van der Waals surface area contributed by atoms with Gasteiger partial charge in [0, 0.05) is 16.1 Å². The Morgan fingerprint density at radius 2 is 1.80 bits per heavy atom. The molecule has 2 aliphatic rings. The number of nitrogens with one attached hydrogen (secondary N) is 1. The topological polar surface area (TPSA) is 12.0 Å². The van der Waals surface area contributed by atoms with Gasteiger partial charge in [0.05, 0.1) is 0 Å². The van der Waals surface area contributed by atoms with Crippen molar-refractivity contribution >= 4 is 23.2 Å². The summed E-state index contributed by atoms with van der Waals surface area (Å²) in [5, 5.41) is 5.26. The molecular formula is C17H23Cl2N. The minimum Gasteiger partial charge on any atom is -0.310 e. The lowest BCUT2D eigenvalue weighted by molar-refractivity contribution is 0.353. The molecule has 2 fully saturated rings. The highest BCUT2D eigenvalue weighted by molar-refractivity contribution is 6.35. The van der Waals surface area contributed by atoms with E-state index >= 15 is 0 Å². The van der Waals surface area contributed by atoms with E-state index in [0.29, 0.717) is 11.1 Å². The van der Waals surface area contributed by atoms with E-state index in [-0.39, 0.29) is 0 Å². The first-order valence-electron chi connectivity index (χ1n) is 7.87. The average Bonchev–Trinajstić information content (AvgIpc) is 3.28. The zero-order valence-corrected chi connectivity index (χ0v) is 13.6. The predicted octanol–water partition coefficient (Wildman–Crippen LogP) is 5.47. The molecule has 1 atom stereocenters. The third kappa shape index (κ3) is 3.50. The lowest BCUT2D eigenvalue weighted by Gasteiger charge is -2.23. The number of hydrogen-bond acceptors (Lipinski definition) is 1. The van der Waals surface area contributed by atoms with E-state index in [4.69, 9.17) is 23.2 Å². The molecule has 1 nitrogen and oxygen atoms in total. The maximum absolute atomic E-state index is 6.34. The molecule has 0 radical (unpaired) electrons. The van der Waals surface area contributed by atoms with E-state index < -0.39 is 0 Å².